The van der Waals surface area contributed by atoms with Crippen molar-refractivity contribution in [3.8, 4) is 5.75 Å². The first-order chi connectivity index (χ1) is 19.0. The zero-order chi connectivity index (χ0) is 27.1. The summed E-state index contributed by atoms with van der Waals surface area (Å²) >= 11 is 0. The van der Waals surface area contributed by atoms with Crippen LogP contribution >= 0.6 is 0 Å². The Balaban J connectivity index is 1.45. The third-order valence-corrected chi connectivity index (χ3v) is 8.15. The Labute approximate surface area is 225 Å². The molecule has 1 N–H and O–H groups in total. The smallest absolute Gasteiger partial charge is 0.274 e. The lowest BCUT2D eigenvalue weighted by Gasteiger charge is -2.50. The van der Waals surface area contributed by atoms with Crippen LogP contribution < -0.4 is 4.74 Å². The standard InChI is InChI=1S/C28H29N7O4/c1-33-22-13-18(39-2)3-4-19(22)24-25(33)23(16-36)35(27(38)21-15-30-8-10-32-21)17-28(24)5-11-34(12-6-28)26(37)20-14-29-7-9-31-20/h3-4,7-10,13-15,23,36H,5-6,11-12,16-17H2,1-2H3/t23-/m1/s1. The Morgan fingerprint density at radius 2 is 1.69 bits per heavy atom. The Hall–Kier alpha value is -4.38. The minimum atomic E-state index is -0.567. The normalized spacial score (nSPS) is 18.3. The maximum atomic E-state index is 13.8. The zero-order valence-electron chi connectivity index (χ0n) is 21.8. The number of rotatable bonds is 4. The van der Waals surface area contributed by atoms with Crippen molar-refractivity contribution < 1.29 is 19.4 Å². The molecular weight excluding hydrogens is 498 g/mol. The van der Waals surface area contributed by atoms with Gasteiger partial charge in [0.2, 0.25) is 0 Å². The van der Waals surface area contributed by atoms with Gasteiger partial charge in [-0.25, -0.2) is 9.97 Å². The predicted octanol–water partition coefficient (Wildman–Crippen LogP) is 2.13. The van der Waals surface area contributed by atoms with Gasteiger partial charge in [0.1, 0.15) is 17.1 Å². The number of hydrogen-bond donors (Lipinski definition) is 1. The summed E-state index contributed by atoms with van der Waals surface area (Å²) in [6.07, 6.45) is 10.3. The van der Waals surface area contributed by atoms with Gasteiger partial charge in [0.25, 0.3) is 11.8 Å². The summed E-state index contributed by atoms with van der Waals surface area (Å²) in [6, 6.07) is 5.41. The van der Waals surface area contributed by atoms with E-state index >= 15 is 0 Å². The maximum absolute atomic E-state index is 13.8. The third-order valence-electron chi connectivity index (χ3n) is 8.15. The van der Waals surface area contributed by atoms with Gasteiger partial charge in [0.15, 0.2) is 0 Å². The lowest BCUT2D eigenvalue weighted by molar-refractivity contribution is 0.0312. The molecule has 11 heteroatoms. The average molecular weight is 528 g/mol. The van der Waals surface area contributed by atoms with Crippen molar-refractivity contribution in [2.45, 2.75) is 24.3 Å². The van der Waals surface area contributed by atoms with E-state index in [1.807, 2.05) is 19.2 Å². The summed E-state index contributed by atoms with van der Waals surface area (Å²) in [5, 5.41) is 11.7. The average Bonchev–Trinajstić information content (AvgIpc) is 3.30. The van der Waals surface area contributed by atoms with Crippen LogP contribution in [0.25, 0.3) is 10.9 Å². The van der Waals surface area contributed by atoms with E-state index in [2.05, 4.69) is 30.6 Å². The molecule has 1 saturated heterocycles. The molecule has 4 aromatic rings. The number of methoxy groups -OCH3 is 1. The second kappa shape index (κ2) is 9.73. The van der Waals surface area contributed by atoms with Crippen LogP contribution in [-0.2, 0) is 12.5 Å². The van der Waals surface area contributed by atoms with Gasteiger partial charge in [-0.15, -0.1) is 0 Å². The number of hydrogen-bond acceptors (Lipinski definition) is 8. The van der Waals surface area contributed by atoms with Crippen molar-refractivity contribution >= 4 is 22.7 Å². The molecule has 0 unspecified atom stereocenters. The van der Waals surface area contributed by atoms with E-state index in [9.17, 15) is 14.7 Å². The molecule has 2 aliphatic heterocycles. The predicted molar refractivity (Wildman–Crippen MR) is 141 cm³/mol. The Morgan fingerprint density at radius 3 is 2.28 bits per heavy atom. The van der Waals surface area contributed by atoms with Gasteiger partial charge in [-0.3, -0.25) is 19.6 Å². The molecule has 0 bridgehead atoms. The lowest BCUT2D eigenvalue weighted by atomic mass is 9.68. The number of piperidine rings is 1. The fourth-order valence-corrected chi connectivity index (χ4v) is 6.25. The first-order valence-electron chi connectivity index (χ1n) is 12.9. The van der Waals surface area contributed by atoms with Gasteiger partial charge in [-0.2, -0.15) is 0 Å². The number of aliphatic hydroxyl groups excluding tert-OH is 1. The minimum absolute atomic E-state index is 0.155. The summed E-state index contributed by atoms with van der Waals surface area (Å²) in [5.41, 5.74) is 3.07. The Morgan fingerprint density at radius 1 is 1.03 bits per heavy atom. The number of carbonyl (C=O) groups is 2. The molecule has 2 amide bonds. The number of aromatic nitrogens is 5. The van der Waals surface area contributed by atoms with Gasteiger partial charge in [0, 0.05) is 74.0 Å². The molecule has 1 fully saturated rings. The molecule has 1 atom stereocenters. The van der Waals surface area contributed by atoms with Crippen LogP contribution in [0.2, 0.25) is 0 Å². The molecule has 2 aliphatic rings. The van der Waals surface area contributed by atoms with Crippen molar-refractivity contribution in [3.63, 3.8) is 0 Å². The summed E-state index contributed by atoms with van der Waals surface area (Å²) in [5.74, 6) is 0.289. The minimum Gasteiger partial charge on any atom is -0.497 e. The molecule has 1 spiro atoms. The molecule has 1 aromatic carbocycles. The fraction of sp³-hybridized carbons (Fsp3) is 0.357. The topological polar surface area (TPSA) is 127 Å². The SMILES string of the molecule is COc1ccc2c3c(n(C)c2c1)[C@@H](CO)N(C(=O)c1cnccn1)CC31CCN(C(=O)c2cnccn2)CC1. The molecule has 6 rings (SSSR count). The monoisotopic (exact) mass is 527 g/mol. The van der Waals surface area contributed by atoms with Crippen molar-refractivity contribution in [1.29, 1.82) is 0 Å². The first kappa shape index (κ1) is 24.9. The molecule has 0 aliphatic carbocycles. The van der Waals surface area contributed by atoms with E-state index in [0.717, 1.165) is 27.9 Å². The quantitative estimate of drug-likeness (QED) is 0.428. The largest absolute Gasteiger partial charge is 0.497 e. The summed E-state index contributed by atoms with van der Waals surface area (Å²) in [4.78, 5) is 47.0. The number of amides is 2. The van der Waals surface area contributed by atoms with Crippen LogP contribution in [0, 0.1) is 0 Å². The van der Waals surface area contributed by atoms with Crippen LogP contribution in [0.4, 0.5) is 0 Å². The molecule has 0 radical (unpaired) electrons. The number of aliphatic hydroxyl groups is 1. The van der Waals surface area contributed by atoms with E-state index in [1.165, 1.54) is 31.0 Å². The Bertz CT molecular complexity index is 1530. The van der Waals surface area contributed by atoms with Crippen LogP contribution in [0.5, 0.6) is 5.75 Å². The van der Waals surface area contributed by atoms with Crippen LogP contribution in [0.15, 0.2) is 55.4 Å². The van der Waals surface area contributed by atoms with Crippen molar-refractivity contribution in [1.82, 2.24) is 34.3 Å². The molecule has 39 heavy (non-hydrogen) atoms. The molecule has 3 aromatic heterocycles. The lowest BCUT2D eigenvalue weighted by Crippen LogP contribution is -2.56. The number of ether oxygens (including phenoxy) is 1. The molecule has 0 saturated carbocycles. The highest BCUT2D eigenvalue weighted by atomic mass is 16.5. The van der Waals surface area contributed by atoms with Gasteiger partial charge in [-0.1, -0.05) is 0 Å². The molecule has 200 valence electrons. The van der Waals surface area contributed by atoms with Crippen molar-refractivity contribution in [3.05, 3.63) is 78.0 Å². The molecule has 5 heterocycles. The highest BCUT2D eigenvalue weighted by Crippen LogP contribution is 2.50. The van der Waals surface area contributed by atoms with E-state index in [4.69, 9.17) is 4.74 Å². The van der Waals surface area contributed by atoms with Gasteiger partial charge in [0.05, 0.1) is 37.7 Å². The summed E-state index contributed by atoms with van der Waals surface area (Å²) in [6.45, 7) is 1.14. The highest BCUT2D eigenvalue weighted by Gasteiger charge is 2.50. The third kappa shape index (κ3) is 4.00. The zero-order valence-corrected chi connectivity index (χ0v) is 21.8. The van der Waals surface area contributed by atoms with Crippen molar-refractivity contribution in [2.75, 3.05) is 33.4 Å². The Kier molecular flexibility index (Phi) is 6.22. The number of aryl methyl sites for hydroxylation is 1. The van der Waals surface area contributed by atoms with Gasteiger partial charge in [-0.05, 0) is 30.5 Å². The molecule has 11 nitrogen and oxygen atoms in total. The number of nitrogens with zero attached hydrogens (tertiary/aromatic N) is 7. The number of carbonyl (C=O) groups excluding carboxylic acids is 2. The first-order valence-corrected chi connectivity index (χ1v) is 12.9. The summed E-state index contributed by atoms with van der Waals surface area (Å²) in [7, 11) is 3.59. The second-order valence-electron chi connectivity index (χ2n) is 10.1. The molecular formula is C28H29N7O4. The van der Waals surface area contributed by atoms with Crippen LogP contribution in [0.1, 0.15) is 51.1 Å². The van der Waals surface area contributed by atoms with Crippen LogP contribution in [-0.4, -0.2) is 84.6 Å². The fourth-order valence-electron chi connectivity index (χ4n) is 6.25. The van der Waals surface area contributed by atoms with Gasteiger partial charge >= 0.3 is 0 Å². The van der Waals surface area contributed by atoms with Gasteiger partial charge < -0.3 is 24.2 Å². The summed E-state index contributed by atoms with van der Waals surface area (Å²) < 4.78 is 7.56. The van der Waals surface area contributed by atoms with E-state index in [-0.39, 0.29) is 24.1 Å². The van der Waals surface area contributed by atoms with E-state index in [1.54, 1.807) is 23.1 Å². The number of fused-ring (bicyclic) bond motifs is 4. The number of likely N-dealkylation sites (tertiary alicyclic amines) is 1. The number of benzene rings is 1. The second-order valence-corrected chi connectivity index (χ2v) is 10.1. The van der Waals surface area contributed by atoms with Crippen LogP contribution in [0.3, 0.4) is 0 Å². The maximum Gasteiger partial charge on any atom is 0.274 e. The van der Waals surface area contributed by atoms with E-state index < -0.39 is 11.5 Å². The van der Waals surface area contributed by atoms with Crippen molar-refractivity contribution in [2.24, 2.45) is 7.05 Å². The highest BCUT2D eigenvalue weighted by molar-refractivity contribution is 5.95. The van der Waals surface area contributed by atoms with E-state index in [0.29, 0.717) is 38.2 Å².